The van der Waals surface area contributed by atoms with Crippen LogP contribution in [0.2, 0.25) is 0 Å². The van der Waals surface area contributed by atoms with E-state index in [4.69, 9.17) is 4.74 Å². The Morgan fingerprint density at radius 3 is 2.78 bits per heavy atom. The van der Waals surface area contributed by atoms with E-state index in [1.165, 1.54) is 17.3 Å². The Morgan fingerprint density at radius 1 is 1.44 bits per heavy atom. The van der Waals surface area contributed by atoms with Crippen LogP contribution in [0.4, 0.5) is 0 Å². The molecule has 1 aliphatic heterocycles. The monoisotopic (exact) mass is 246 g/mol. The third kappa shape index (κ3) is 2.41. The maximum Gasteiger partial charge on any atom is 0.230 e. The number of carbonyl (C=O) groups excluding carboxylic acids is 1. The molecule has 1 heterocycles. The lowest BCUT2D eigenvalue weighted by atomic mass is 10.1. The number of nitrogens with zero attached hydrogens (tertiary/aromatic N) is 2. The number of aliphatic hydroxyl groups is 1. The van der Waals surface area contributed by atoms with Crippen molar-refractivity contribution >= 4 is 12.5 Å². The van der Waals surface area contributed by atoms with Gasteiger partial charge in [-0.15, -0.1) is 0 Å². The average Bonchev–Trinajstić information content (AvgIpc) is 2.42. The van der Waals surface area contributed by atoms with E-state index >= 15 is 0 Å². The van der Waals surface area contributed by atoms with E-state index in [0.717, 1.165) is 11.3 Å². The molecule has 0 aliphatic carbocycles. The van der Waals surface area contributed by atoms with Gasteiger partial charge in [0.2, 0.25) is 5.72 Å². The minimum atomic E-state index is -1.67. The molecule has 94 valence electrons. The van der Waals surface area contributed by atoms with Crippen molar-refractivity contribution in [3.05, 3.63) is 42.0 Å². The van der Waals surface area contributed by atoms with E-state index in [1.807, 2.05) is 24.3 Å². The molecule has 0 radical (unpaired) electrons. The smallest absolute Gasteiger partial charge is 0.230 e. The predicted molar refractivity (Wildman–Crippen MR) is 67.2 cm³/mol. The first-order valence-corrected chi connectivity index (χ1v) is 5.49. The van der Waals surface area contributed by atoms with Crippen LogP contribution in [0.25, 0.3) is 0 Å². The third-order valence-corrected chi connectivity index (χ3v) is 2.71. The van der Waals surface area contributed by atoms with Crippen molar-refractivity contribution in [1.82, 2.24) is 5.01 Å². The second-order valence-corrected chi connectivity index (χ2v) is 3.93. The van der Waals surface area contributed by atoms with Gasteiger partial charge >= 0.3 is 0 Å². The molecule has 5 nitrogen and oxygen atoms in total. The Labute approximate surface area is 105 Å². The summed E-state index contributed by atoms with van der Waals surface area (Å²) in [4.78, 5) is 10.9. The van der Waals surface area contributed by atoms with Gasteiger partial charge in [-0.25, -0.2) is 0 Å². The van der Waals surface area contributed by atoms with Crippen LogP contribution in [0.15, 0.2) is 41.5 Å². The van der Waals surface area contributed by atoms with Gasteiger partial charge in [0.1, 0.15) is 5.75 Å². The molecule has 1 aromatic rings. The molecule has 1 unspecified atom stereocenters. The maximum absolute atomic E-state index is 10.9. The highest BCUT2D eigenvalue weighted by Gasteiger charge is 2.31. The van der Waals surface area contributed by atoms with Crippen LogP contribution < -0.4 is 4.74 Å². The van der Waals surface area contributed by atoms with Crippen molar-refractivity contribution in [2.75, 3.05) is 7.11 Å². The number of ether oxygens (including phenoxy) is 1. The molecule has 0 fully saturated rings. The van der Waals surface area contributed by atoms with Gasteiger partial charge < -0.3 is 9.84 Å². The highest BCUT2D eigenvalue weighted by molar-refractivity contribution is 5.76. The number of hydrogen-bond donors (Lipinski definition) is 1. The summed E-state index contributed by atoms with van der Waals surface area (Å²) in [5, 5.41) is 15.4. The topological polar surface area (TPSA) is 62.1 Å². The van der Waals surface area contributed by atoms with Crippen molar-refractivity contribution in [1.29, 1.82) is 0 Å². The molecule has 1 aliphatic rings. The fourth-order valence-corrected chi connectivity index (χ4v) is 1.65. The number of hydrazone groups is 1. The molecule has 0 saturated carbocycles. The summed E-state index contributed by atoms with van der Waals surface area (Å²) in [5.41, 5.74) is -0.752. The SMILES string of the molecule is COc1ccc(CN2N=CC=CC2(O)C=O)cc1. The molecule has 0 bridgehead atoms. The minimum Gasteiger partial charge on any atom is -0.497 e. The van der Waals surface area contributed by atoms with Crippen LogP contribution in [0.1, 0.15) is 5.56 Å². The summed E-state index contributed by atoms with van der Waals surface area (Å²) in [5.74, 6) is 0.756. The molecule has 0 aromatic heterocycles. The van der Waals surface area contributed by atoms with Gasteiger partial charge in [-0.2, -0.15) is 5.10 Å². The Balaban J connectivity index is 2.14. The Hall–Kier alpha value is -2.14. The van der Waals surface area contributed by atoms with E-state index in [-0.39, 0.29) is 0 Å². The van der Waals surface area contributed by atoms with Gasteiger partial charge in [-0.3, -0.25) is 9.80 Å². The third-order valence-electron chi connectivity index (χ3n) is 2.71. The summed E-state index contributed by atoms with van der Waals surface area (Å²) >= 11 is 0. The molecule has 18 heavy (non-hydrogen) atoms. The normalized spacial score (nSPS) is 22.0. The summed E-state index contributed by atoms with van der Waals surface area (Å²) in [6.45, 7) is 0.333. The zero-order valence-corrected chi connectivity index (χ0v) is 9.98. The molecule has 1 N–H and O–H groups in total. The van der Waals surface area contributed by atoms with E-state index in [9.17, 15) is 9.90 Å². The second-order valence-electron chi connectivity index (χ2n) is 3.93. The summed E-state index contributed by atoms with van der Waals surface area (Å²) < 4.78 is 5.06. The zero-order chi connectivity index (χ0) is 13.0. The van der Waals surface area contributed by atoms with Gasteiger partial charge in [-0.1, -0.05) is 12.1 Å². The fraction of sp³-hybridized carbons (Fsp3) is 0.231. The predicted octanol–water partition coefficient (Wildman–Crippen LogP) is 0.940. The lowest BCUT2D eigenvalue weighted by Crippen LogP contribution is -2.46. The standard InChI is InChI=1S/C13H14N2O3/c1-18-12-5-3-11(4-6-12)9-15-13(17,10-16)7-2-8-14-15/h2-8,10,17H,9H2,1H3. The van der Waals surface area contributed by atoms with E-state index in [1.54, 1.807) is 13.2 Å². The summed E-state index contributed by atoms with van der Waals surface area (Å²) in [7, 11) is 1.60. The molecule has 5 heteroatoms. The Morgan fingerprint density at radius 2 is 2.17 bits per heavy atom. The number of aldehydes is 1. The quantitative estimate of drug-likeness (QED) is 0.803. The molecule has 0 saturated heterocycles. The average molecular weight is 246 g/mol. The molecule has 1 aromatic carbocycles. The first kappa shape index (κ1) is 12.3. The highest BCUT2D eigenvalue weighted by atomic mass is 16.5. The Bertz CT molecular complexity index is 482. The van der Waals surface area contributed by atoms with Crippen molar-refractivity contribution in [2.24, 2.45) is 5.10 Å². The lowest BCUT2D eigenvalue weighted by molar-refractivity contribution is -0.138. The number of carbonyl (C=O) groups is 1. The highest BCUT2D eigenvalue weighted by Crippen LogP contribution is 2.20. The Kier molecular flexibility index (Phi) is 3.43. The van der Waals surface area contributed by atoms with Crippen molar-refractivity contribution in [2.45, 2.75) is 12.3 Å². The van der Waals surface area contributed by atoms with Crippen LogP contribution in [-0.2, 0) is 11.3 Å². The van der Waals surface area contributed by atoms with Crippen LogP contribution in [0.5, 0.6) is 5.75 Å². The van der Waals surface area contributed by atoms with Crippen molar-refractivity contribution in [3.63, 3.8) is 0 Å². The number of allylic oxidation sites excluding steroid dienone is 1. The minimum absolute atomic E-state index is 0.333. The van der Waals surface area contributed by atoms with Gasteiger partial charge in [0, 0.05) is 6.21 Å². The van der Waals surface area contributed by atoms with Gasteiger partial charge in [0.05, 0.1) is 13.7 Å². The molecular formula is C13H14N2O3. The second kappa shape index (κ2) is 5.01. The lowest BCUT2D eigenvalue weighted by Gasteiger charge is -2.32. The van der Waals surface area contributed by atoms with Crippen LogP contribution in [-0.4, -0.2) is 35.5 Å². The first-order chi connectivity index (χ1) is 8.68. The zero-order valence-electron chi connectivity index (χ0n) is 9.98. The first-order valence-electron chi connectivity index (χ1n) is 5.49. The molecular weight excluding hydrogens is 232 g/mol. The number of benzene rings is 1. The molecule has 0 amide bonds. The van der Waals surface area contributed by atoms with Gasteiger partial charge in [0.15, 0.2) is 6.29 Å². The van der Waals surface area contributed by atoms with E-state index < -0.39 is 5.72 Å². The number of rotatable bonds is 4. The summed E-state index contributed by atoms with van der Waals surface area (Å²) in [6.07, 6.45) is 4.93. The molecule has 2 rings (SSSR count). The van der Waals surface area contributed by atoms with Crippen LogP contribution >= 0.6 is 0 Å². The van der Waals surface area contributed by atoms with E-state index in [2.05, 4.69) is 5.10 Å². The molecule has 0 spiro atoms. The number of hydrogen-bond acceptors (Lipinski definition) is 5. The number of methoxy groups -OCH3 is 1. The van der Waals surface area contributed by atoms with Crippen LogP contribution in [0.3, 0.4) is 0 Å². The van der Waals surface area contributed by atoms with Crippen LogP contribution in [0, 0.1) is 0 Å². The molecule has 1 atom stereocenters. The van der Waals surface area contributed by atoms with Crippen molar-refractivity contribution < 1.29 is 14.6 Å². The fourth-order valence-electron chi connectivity index (χ4n) is 1.65. The largest absolute Gasteiger partial charge is 0.497 e. The maximum atomic E-state index is 10.9. The van der Waals surface area contributed by atoms with Gasteiger partial charge in [-0.05, 0) is 29.8 Å². The van der Waals surface area contributed by atoms with Gasteiger partial charge in [0.25, 0.3) is 0 Å². The van der Waals surface area contributed by atoms with Crippen molar-refractivity contribution in [3.8, 4) is 5.75 Å². The summed E-state index contributed by atoms with van der Waals surface area (Å²) in [6, 6.07) is 7.35. The van der Waals surface area contributed by atoms with E-state index in [0.29, 0.717) is 12.8 Å².